The molecule has 0 unspecified atom stereocenters. The molecule has 0 bridgehead atoms. The first kappa shape index (κ1) is 47.2. The van der Waals surface area contributed by atoms with Gasteiger partial charge in [-0.2, -0.15) is 17.2 Å². The van der Waals surface area contributed by atoms with Crippen molar-refractivity contribution in [1.82, 2.24) is 0 Å². The minimum absolute atomic E-state index is 0.744. The minimum Gasteiger partial charge on any atom is -0.207 e. The van der Waals surface area contributed by atoms with E-state index in [0.717, 1.165) is 12.3 Å². The Hall–Kier alpha value is -6.26. The van der Waals surface area contributed by atoms with Gasteiger partial charge in [0.15, 0.2) is 88.2 Å². The van der Waals surface area contributed by atoms with E-state index in [-0.39, 0.29) is 0 Å². The van der Waals surface area contributed by atoms with Gasteiger partial charge >= 0.3 is 0 Å². The van der Waals surface area contributed by atoms with Crippen LogP contribution in [0.3, 0.4) is 0 Å². The van der Waals surface area contributed by atoms with Gasteiger partial charge in [0.05, 0.1) is 5.75 Å². The van der Waals surface area contributed by atoms with Crippen LogP contribution >= 0.6 is 12.6 Å². The molecule has 0 fully saturated rings. The summed E-state index contributed by atoms with van der Waals surface area (Å²) in [7, 11) is 0. The third-order valence-electron chi connectivity index (χ3n) is 10.1. The number of rotatable bonds is 7. The third-order valence-corrected chi connectivity index (χ3v) is 10.4. The Morgan fingerprint density at radius 1 is 0.344 bits per heavy atom. The van der Waals surface area contributed by atoms with Crippen LogP contribution in [0.25, 0.3) is 10.8 Å². The lowest BCUT2D eigenvalue weighted by Crippen LogP contribution is -2.81. The van der Waals surface area contributed by atoms with Crippen molar-refractivity contribution >= 4 is 51.4 Å². The predicted molar refractivity (Wildman–Crippen MR) is 192 cm³/mol. The number of hydrogen-bond acceptors (Lipinski definition) is 1. The third kappa shape index (κ3) is 7.26. The molecule has 0 amide bonds. The second-order valence-electron chi connectivity index (χ2n) is 13.4. The van der Waals surface area contributed by atoms with Gasteiger partial charge in [-0.1, -0.05) is 48.5 Å². The number of fused-ring (bicyclic) bond motifs is 1. The van der Waals surface area contributed by atoms with Crippen LogP contribution < -0.4 is 26.4 Å². The Balaban J connectivity index is 0.000000295. The first-order valence-electron chi connectivity index (χ1n) is 17.4. The van der Waals surface area contributed by atoms with Gasteiger partial charge in [-0.05, 0) is 11.5 Å². The molecule has 0 aliphatic heterocycles. The number of benzene rings is 6. The van der Waals surface area contributed by atoms with E-state index < -0.39 is 144 Å². The highest BCUT2D eigenvalue weighted by molar-refractivity contribution is 7.79. The highest BCUT2D eigenvalue weighted by Crippen LogP contribution is 2.31. The molecule has 23 heteroatoms. The number of aromatic nitrogens is 1. The number of nitrogens with zero attached hydrogens (tertiary/aromatic N) is 1. The summed E-state index contributed by atoms with van der Waals surface area (Å²) >= 11 is 4.50. The molecular formula is C41H16BF20NS. The zero-order valence-electron chi connectivity index (χ0n) is 30.8. The molecule has 0 aliphatic carbocycles. The first-order valence-corrected chi connectivity index (χ1v) is 18.0. The fourth-order valence-electron chi connectivity index (χ4n) is 7.30. The second kappa shape index (κ2) is 17.7. The van der Waals surface area contributed by atoms with Crippen molar-refractivity contribution < 1.29 is 92.4 Å². The van der Waals surface area contributed by atoms with E-state index in [4.69, 9.17) is 0 Å². The van der Waals surface area contributed by atoms with E-state index in [2.05, 4.69) is 78.0 Å². The van der Waals surface area contributed by atoms with Crippen LogP contribution in [-0.2, 0) is 12.3 Å². The molecule has 1 aromatic heterocycles. The van der Waals surface area contributed by atoms with Gasteiger partial charge in [-0.15, -0.1) is 21.9 Å². The van der Waals surface area contributed by atoms with E-state index in [1.807, 2.05) is 6.07 Å². The summed E-state index contributed by atoms with van der Waals surface area (Å²) in [6.07, 6.45) is -5.06. The molecule has 0 N–H and O–H groups in total. The van der Waals surface area contributed by atoms with Crippen LogP contribution in [0.4, 0.5) is 87.8 Å². The first-order chi connectivity index (χ1) is 30.1. The van der Waals surface area contributed by atoms with Gasteiger partial charge in [-0.3, -0.25) is 0 Å². The Labute approximate surface area is 350 Å². The zero-order valence-corrected chi connectivity index (χ0v) is 31.7. The molecule has 334 valence electrons. The van der Waals surface area contributed by atoms with Crippen LogP contribution in [-0.4, -0.2) is 6.15 Å². The quantitative estimate of drug-likeness (QED) is 0.0406. The summed E-state index contributed by atoms with van der Waals surface area (Å²) < 4.78 is 296. The molecule has 7 rings (SSSR count). The Kier molecular flexibility index (Phi) is 13.1. The maximum Gasteiger partial charge on any atom is 0.200 e. The Bertz CT molecular complexity index is 2640. The van der Waals surface area contributed by atoms with Gasteiger partial charge in [0.1, 0.15) is 52.7 Å². The SMILES string of the molecule is Fc1c(F)c(F)c([B-](c2c(F)c(F)c(F)c(F)c2F)(c2c(F)c(F)c(F)c(F)c2F)c2c(F)c(F)c(F)c(F)c2F)c(F)c1F.SCc1c2ccccc2cc[n+]1Cc1ccccc1. The molecule has 0 aliphatic rings. The molecule has 1 nitrogen and oxygen atoms in total. The smallest absolute Gasteiger partial charge is 0.200 e. The van der Waals surface area contributed by atoms with Crippen LogP contribution in [0, 0.1) is 116 Å². The fourth-order valence-corrected chi connectivity index (χ4v) is 7.65. The molecule has 0 radical (unpaired) electrons. The molecule has 0 atom stereocenters. The van der Waals surface area contributed by atoms with E-state index in [1.165, 1.54) is 22.0 Å². The molecule has 64 heavy (non-hydrogen) atoms. The van der Waals surface area contributed by atoms with Crippen LogP contribution in [0.2, 0.25) is 0 Å². The molecular weight excluding hydrogens is 929 g/mol. The van der Waals surface area contributed by atoms with Crippen LogP contribution in [0.1, 0.15) is 11.3 Å². The van der Waals surface area contributed by atoms with Gasteiger partial charge in [0.2, 0.25) is 0 Å². The largest absolute Gasteiger partial charge is 0.207 e. The molecule has 0 saturated heterocycles. The van der Waals surface area contributed by atoms with Crippen molar-refractivity contribution in [3.63, 3.8) is 0 Å². The monoisotopic (exact) mass is 945 g/mol. The molecule has 0 spiro atoms. The van der Waals surface area contributed by atoms with Gasteiger partial charge < -0.3 is 0 Å². The summed E-state index contributed by atoms with van der Waals surface area (Å²) in [6, 6.07) is 21.2. The highest BCUT2D eigenvalue weighted by atomic mass is 32.1. The fraction of sp³-hybridized carbons (Fsp3) is 0.0488. The number of hydrogen-bond donors (Lipinski definition) is 1. The average molecular weight is 945 g/mol. The topological polar surface area (TPSA) is 3.88 Å². The van der Waals surface area contributed by atoms with E-state index >= 15 is 35.1 Å². The second-order valence-corrected chi connectivity index (χ2v) is 13.7. The van der Waals surface area contributed by atoms with E-state index in [0.29, 0.717) is 0 Å². The number of thiol groups is 1. The van der Waals surface area contributed by atoms with E-state index in [9.17, 15) is 52.7 Å². The lowest BCUT2D eigenvalue weighted by Gasteiger charge is -2.44. The van der Waals surface area contributed by atoms with Crippen molar-refractivity contribution in [2.45, 2.75) is 12.3 Å². The lowest BCUT2D eigenvalue weighted by atomic mass is 9.12. The summed E-state index contributed by atoms with van der Waals surface area (Å²) in [5, 5.41) is 2.56. The van der Waals surface area contributed by atoms with Crippen molar-refractivity contribution in [3.05, 3.63) is 194 Å². The average Bonchev–Trinajstić information content (AvgIpc) is 3.29. The maximum atomic E-state index is 15.4. The standard InChI is InChI=1S/C24BF20.C17H15NS/c26-5-1(6(27)14(35)21(42)13(5)34)25(2-7(28)15(36)22(43)16(37)8(2)29,3-9(30)17(38)23(44)18(39)10(3)31)4-11(32)19(40)24(45)20(41)12(4)33;19-13-17-16-9-5-4-8-15(16)10-11-18(17)12-14-6-2-1-3-7-14/h;1-11H,12-13H2/q-1;/p+1. The number of halogens is 20. The lowest BCUT2D eigenvalue weighted by molar-refractivity contribution is -0.693. The normalized spacial score (nSPS) is 11.6. The number of pyridine rings is 1. The summed E-state index contributed by atoms with van der Waals surface area (Å²) in [6.45, 7) is 0.890. The summed E-state index contributed by atoms with van der Waals surface area (Å²) in [4.78, 5) is 0. The molecule has 0 saturated carbocycles. The Morgan fingerprint density at radius 2 is 0.625 bits per heavy atom. The zero-order chi connectivity index (χ0) is 47.4. The van der Waals surface area contributed by atoms with Gasteiger partial charge in [0, 0.05) is 17.0 Å². The summed E-state index contributed by atoms with van der Waals surface area (Å²) in [5.41, 5.74) is -11.7. The van der Waals surface area contributed by atoms with Gasteiger partial charge in [-0.25, -0.2) is 87.8 Å². The van der Waals surface area contributed by atoms with E-state index in [1.54, 1.807) is 0 Å². The van der Waals surface area contributed by atoms with Crippen molar-refractivity contribution in [2.75, 3.05) is 0 Å². The molecule has 7 aromatic rings. The predicted octanol–water partition coefficient (Wildman–Crippen LogP) is 9.45. The molecule has 1 heterocycles. The van der Waals surface area contributed by atoms with Crippen molar-refractivity contribution in [1.29, 1.82) is 0 Å². The van der Waals surface area contributed by atoms with Crippen molar-refractivity contribution in [2.24, 2.45) is 0 Å². The van der Waals surface area contributed by atoms with Crippen LogP contribution in [0.5, 0.6) is 0 Å². The highest BCUT2D eigenvalue weighted by Gasteiger charge is 2.52. The van der Waals surface area contributed by atoms with Crippen molar-refractivity contribution in [3.8, 4) is 0 Å². The van der Waals surface area contributed by atoms with Crippen LogP contribution in [0.15, 0.2) is 66.9 Å². The summed E-state index contributed by atoms with van der Waals surface area (Å²) in [5.74, 6) is -70.7. The minimum atomic E-state index is -7.22. The maximum absolute atomic E-state index is 15.4. The Morgan fingerprint density at radius 3 is 0.938 bits per heavy atom. The molecule has 6 aromatic carbocycles. The van der Waals surface area contributed by atoms with Gasteiger partial charge in [0.25, 0.3) is 0 Å².